The maximum absolute atomic E-state index is 12.6. The summed E-state index contributed by atoms with van der Waals surface area (Å²) in [6.07, 6.45) is 2.51. The maximum atomic E-state index is 12.6. The molecule has 1 heterocycles. The van der Waals surface area contributed by atoms with E-state index in [0.29, 0.717) is 18.9 Å². The van der Waals surface area contributed by atoms with Gasteiger partial charge in [-0.1, -0.05) is 32.9 Å². The third-order valence-electron chi connectivity index (χ3n) is 4.24. The van der Waals surface area contributed by atoms with Crippen molar-refractivity contribution in [1.29, 1.82) is 0 Å². The topological polar surface area (TPSA) is 43.1 Å². The van der Waals surface area contributed by atoms with Crippen molar-refractivity contribution in [2.24, 2.45) is 17.1 Å². The molecule has 1 aromatic heterocycles. The molecule has 114 valence electrons. The van der Waals surface area contributed by atoms with Crippen LogP contribution in [0.1, 0.15) is 50.4 Å². The zero-order valence-corrected chi connectivity index (χ0v) is 14.0. The van der Waals surface area contributed by atoms with Gasteiger partial charge in [0.15, 0.2) is 5.78 Å². The lowest BCUT2D eigenvalue weighted by molar-refractivity contribution is 0.0959. The molecular weight excluding hydrogens is 278 g/mol. The Morgan fingerprint density at radius 3 is 2.67 bits per heavy atom. The van der Waals surface area contributed by atoms with Crippen LogP contribution in [0.5, 0.6) is 0 Å². The van der Waals surface area contributed by atoms with Crippen LogP contribution in [0.4, 0.5) is 0 Å². The zero-order chi connectivity index (χ0) is 15.5. The molecular formula is C18H25NOS. The third kappa shape index (κ3) is 3.92. The molecule has 0 amide bonds. The van der Waals surface area contributed by atoms with E-state index in [2.05, 4.69) is 32.9 Å². The Morgan fingerprint density at radius 2 is 2.00 bits per heavy atom. The quantitative estimate of drug-likeness (QED) is 0.773. The highest BCUT2D eigenvalue weighted by molar-refractivity contribution is 7.17. The van der Waals surface area contributed by atoms with Crippen LogP contribution in [-0.4, -0.2) is 12.3 Å². The first-order valence-corrected chi connectivity index (χ1v) is 8.51. The molecule has 0 spiro atoms. The summed E-state index contributed by atoms with van der Waals surface area (Å²) in [5.41, 5.74) is 6.80. The van der Waals surface area contributed by atoms with E-state index < -0.39 is 0 Å². The molecule has 0 radical (unpaired) electrons. The molecule has 2 N–H and O–H groups in total. The fourth-order valence-corrected chi connectivity index (χ4v) is 3.80. The maximum Gasteiger partial charge on any atom is 0.164 e. The number of Topliss-reactive ketones (excluding diaryl/α,β-unsaturated/α-hetero) is 1. The summed E-state index contributed by atoms with van der Waals surface area (Å²) >= 11 is 1.65. The summed E-state index contributed by atoms with van der Waals surface area (Å²) in [4.78, 5) is 12.6. The largest absolute Gasteiger partial charge is 0.330 e. The highest BCUT2D eigenvalue weighted by Crippen LogP contribution is 2.33. The van der Waals surface area contributed by atoms with Crippen molar-refractivity contribution >= 4 is 27.2 Å². The number of hydrogen-bond donors (Lipinski definition) is 1. The Balaban J connectivity index is 2.09. The summed E-state index contributed by atoms with van der Waals surface area (Å²) in [6, 6.07) is 8.07. The molecule has 2 rings (SSSR count). The van der Waals surface area contributed by atoms with Crippen LogP contribution in [-0.2, 0) is 0 Å². The summed E-state index contributed by atoms with van der Waals surface area (Å²) in [7, 11) is 0. The van der Waals surface area contributed by atoms with E-state index in [9.17, 15) is 4.79 Å². The average Bonchev–Trinajstić information content (AvgIpc) is 2.89. The van der Waals surface area contributed by atoms with Crippen molar-refractivity contribution in [2.75, 3.05) is 6.54 Å². The lowest BCUT2D eigenvalue weighted by Crippen LogP contribution is -2.24. The molecule has 0 fully saturated rings. The van der Waals surface area contributed by atoms with E-state index in [-0.39, 0.29) is 11.2 Å². The molecule has 1 unspecified atom stereocenters. The van der Waals surface area contributed by atoms with Crippen LogP contribution in [0.25, 0.3) is 10.1 Å². The van der Waals surface area contributed by atoms with Crippen LogP contribution in [0.3, 0.4) is 0 Å². The van der Waals surface area contributed by atoms with Gasteiger partial charge in [-0.3, -0.25) is 4.79 Å². The Labute approximate surface area is 131 Å². The molecule has 0 saturated carbocycles. The number of hydrogen-bond acceptors (Lipinski definition) is 3. The number of rotatable bonds is 6. The first-order valence-electron chi connectivity index (χ1n) is 7.63. The van der Waals surface area contributed by atoms with E-state index in [1.807, 2.05) is 17.5 Å². The van der Waals surface area contributed by atoms with Gasteiger partial charge in [0.05, 0.1) is 0 Å². The Kier molecular flexibility index (Phi) is 5.17. The van der Waals surface area contributed by atoms with Gasteiger partial charge in [-0.05, 0) is 53.6 Å². The molecule has 21 heavy (non-hydrogen) atoms. The lowest BCUT2D eigenvalue weighted by atomic mass is 9.76. The van der Waals surface area contributed by atoms with Crippen LogP contribution in [0, 0.1) is 11.3 Å². The first-order chi connectivity index (χ1) is 9.93. The van der Waals surface area contributed by atoms with Crippen molar-refractivity contribution < 1.29 is 4.79 Å². The molecule has 0 aliphatic rings. The van der Waals surface area contributed by atoms with Crippen molar-refractivity contribution in [1.82, 2.24) is 0 Å². The van der Waals surface area contributed by atoms with Gasteiger partial charge in [0.2, 0.25) is 0 Å². The van der Waals surface area contributed by atoms with Gasteiger partial charge in [0.25, 0.3) is 0 Å². The Hall–Kier alpha value is -1.19. The van der Waals surface area contributed by atoms with E-state index in [0.717, 1.165) is 23.1 Å². The van der Waals surface area contributed by atoms with Crippen LogP contribution in [0.2, 0.25) is 0 Å². The van der Waals surface area contributed by atoms with Gasteiger partial charge in [0, 0.05) is 16.7 Å². The molecule has 2 aromatic rings. The average molecular weight is 303 g/mol. The second-order valence-electron chi connectivity index (χ2n) is 6.75. The van der Waals surface area contributed by atoms with E-state index >= 15 is 0 Å². The summed E-state index contributed by atoms with van der Waals surface area (Å²) in [5.74, 6) is 0.753. The number of fused-ring (bicyclic) bond motifs is 1. The van der Waals surface area contributed by atoms with Gasteiger partial charge >= 0.3 is 0 Å². The monoisotopic (exact) mass is 303 g/mol. The minimum atomic E-state index is 0.203. The summed E-state index contributed by atoms with van der Waals surface area (Å²) in [6.45, 7) is 7.39. The number of carbonyl (C=O) groups excluding carboxylic acids is 1. The van der Waals surface area contributed by atoms with Gasteiger partial charge in [0.1, 0.15) is 0 Å². The van der Waals surface area contributed by atoms with Crippen molar-refractivity contribution in [2.45, 2.75) is 40.0 Å². The Morgan fingerprint density at radius 1 is 1.24 bits per heavy atom. The summed E-state index contributed by atoms with van der Waals surface area (Å²) in [5, 5.41) is 3.22. The van der Waals surface area contributed by atoms with Gasteiger partial charge in [-0.25, -0.2) is 0 Å². The smallest absolute Gasteiger partial charge is 0.164 e. The SMILES string of the molecule is CC(C)(C)C(CCN)CCC(=O)c1cccc2ccsc12. The number of nitrogens with two attached hydrogens (primary N) is 1. The van der Waals surface area contributed by atoms with Crippen molar-refractivity contribution in [3.63, 3.8) is 0 Å². The number of carbonyl (C=O) groups is 1. The van der Waals surface area contributed by atoms with Crippen molar-refractivity contribution in [3.8, 4) is 0 Å². The Bertz CT molecular complexity index is 609. The molecule has 2 nitrogen and oxygen atoms in total. The van der Waals surface area contributed by atoms with Gasteiger partial charge in [-0.2, -0.15) is 0 Å². The third-order valence-corrected chi connectivity index (χ3v) is 5.20. The minimum absolute atomic E-state index is 0.203. The molecule has 0 aliphatic heterocycles. The molecule has 0 saturated heterocycles. The van der Waals surface area contributed by atoms with Gasteiger partial charge in [-0.15, -0.1) is 11.3 Å². The van der Waals surface area contributed by atoms with E-state index in [1.54, 1.807) is 11.3 Å². The van der Waals surface area contributed by atoms with E-state index in [4.69, 9.17) is 5.73 Å². The fraction of sp³-hybridized carbons (Fsp3) is 0.500. The zero-order valence-electron chi connectivity index (χ0n) is 13.2. The predicted octanol–water partition coefficient (Wildman–Crippen LogP) is 4.88. The first kappa shape index (κ1) is 16.2. The normalized spacial score (nSPS) is 13.5. The van der Waals surface area contributed by atoms with Crippen LogP contribution in [0.15, 0.2) is 29.6 Å². The highest BCUT2D eigenvalue weighted by Gasteiger charge is 2.24. The van der Waals surface area contributed by atoms with E-state index in [1.165, 1.54) is 5.39 Å². The van der Waals surface area contributed by atoms with Crippen molar-refractivity contribution in [3.05, 3.63) is 35.2 Å². The summed E-state index contributed by atoms with van der Waals surface area (Å²) < 4.78 is 1.12. The molecule has 0 aliphatic carbocycles. The second-order valence-corrected chi connectivity index (χ2v) is 7.66. The lowest BCUT2D eigenvalue weighted by Gasteiger charge is -2.30. The fourth-order valence-electron chi connectivity index (χ4n) is 2.86. The molecule has 1 aromatic carbocycles. The minimum Gasteiger partial charge on any atom is -0.330 e. The predicted molar refractivity (Wildman–Crippen MR) is 92.0 cm³/mol. The molecule has 3 heteroatoms. The highest BCUT2D eigenvalue weighted by atomic mass is 32.1. The van der Waals surface area contributed by atoms with Crippen LogP contribution < -0.4 is 5.73 Å². The number of benzene rings is 1. The standard InChI is InChI=1S/C18H25NOS/c1-18(2,3)14(9-11-19)7-8-16(20)15-6-4-5-13-10-12-21-17(13)15/h4-6,10,12,14H,7-9,11,19H2,1-3H3. The molecule has 1 atom stereocenters. The number of ketones is 1. The molecule has 0 bridgehead atoms. The van der Waals surface area contributed by atoms with Gasteiger partial charge < -0.3 is 5.73 Å². The van der Waals surface area contributed by atoms with Crippen LogP contribution >= 0.6 is 11.3 Å². The number of thiophene rings is 1. The second kappa shape index (κ2) is 6.71.